The molecule has 0 aliphatic heterocycles. The van der Waals surface area contributed by atoms with Crippen LogP contribution in [0.3, 0.4) is 0 Å². The highest BCUT2D eigenvalue weighted by Gasteiger charge is 2.25. The van der Waals surface area contributed by atoms with Crippen LogP contribution in [0.15, 0.2) is 30.6 Å². The van der Waals surface area contributed by atoms with Gasteiger partial charge < -0.3 is 15.6 Å². The number of ether oxygens (including phenoxy) is 1. The topological polar surface area (TPSA) is 73.3 Å². The maximum Gasteiger partial charge on any atom is 0.157 e. The summed E-state index contributed by atoms with van der Waals surface area (Å²) in [5.41, 5.74) is 7.15. The molecule has 0 spiro atoms. The van der Waals surface area contributed by atoms with Crippen LogP contribution in [-0.4, -0.2) is 27.0 Å². The molecule has 6 heteroatoms. The molecule has 1 aromatic carbocycles. The molecule has 0 amide bonds. The van der Waals surface area contributed by atoms with Crippen LogP contribution in [0.1, 0.15) is 30.4 Å². The predicted octanol–water partition coefficient (Wildman–Crippen LogP) is 1.82. The molecule has 1 saturated carbocycles. The van der Waals surface area contributed by atoms with E-state index in [1.165, 1.54) is 6.07 Å². The summed E-state index contributed by atoms with van der Waals surface area (Å²) in [6.07, 6.45) is 6.43. The molecule has 22 heavy (non-hydrogen) atoms. The van der Waals surface area contributed by atoms with Gasteiger partial charge >= 0.3 is 0 Å². The van der Waals surface area contributed by atoms with Gasteiger partial charge in [0.15, 0.2) is 5.75 Å². The minimum atomic E-state index is -0.312. The van der Waals surface area contributed by atoms with E-state index < -0.39 is 0 Å². The number of halogens is 1. The summed E-state index contributed by atoms with van der Waals surface area (Å²) in [5, 5.41) is 13.3. The highest BCUT2D eigenvalue weighted by atomic mass is 19.1. The zero-order chi connectivity index (χ0) is 15.5. The van der Waals surface area contributed by atoms with Crippen LogP contribution in [0.5, 0.6) is 5.75 Å². The van der Waals surface area contributed by atoms with Gasteiger partial charge in [0.05, 0.1) is 25.5 Å². The first kappa shape index (κ1) is 15.0. The number of hydrogen-bond acceptors (Lipinski definition) is 4. The summed E-state index contributed by atoms with van der Waals surface area (Å²) in [5.74, 6) is 0.342. The van der Waals surface area contributed by atoms with Crippen LogP contribution in [0.4, 0.5) is 4.39 Å². The molecule has 3 N–H and O–H groups in total. The number of benzene rings is 1. The van der Waals surface area contributed by atoms with Crippen LogP contribution >= 0.6 is 0 Å². The van der Waals surface area contributed by atoms with E-state index in [0.717, 1.165) is 19.3 Å². The van der Waals surface area contributed by atoms with Crippen LogP contribution in [0.2, 0.25) is 0 Å². The standard InChI is InChI=1S/C16H20FN3O2/c17-14-5-4-11(10-21)6-12(14)8-20-9-13(7-19-20)22-16-3-1-2-15(16)18/h4-7,9,15-16,21H,1-3,8,10,18H2/t15-,16+/m0/s1. The molecule has 1 aliphatic rings. The zero-order valence-electron chi connectivity index (χ0n) is 12.3. The Morgan fingerprint density at radius 3 is 3.00 bits per heavy atom. The number of nitrogens with two attached hydrogens (primary N) is 1. The fraction of sp³-hybridized carbons (Fsp3) is 0.438. The molecule has 0 unspecified atom stereocenters. The molecule has 5 nitrogen and oxygen atoms in total. The van der Waals surface area contributed by atoms with E-state index in [9.17, 15) is 4.39 Å². The smallest absolute Gasteiger partial charge is 0.157 e. The van der Waals surface area contributed by atoms with Gasteiger partial charge in [0.2, 0.25) is 0 Å². The SMILES string of the molecule is N[C@H]1CCC[C@H]1Oc1cnn(Cc2cc(CO)ccc2F)c1. The van der Waals surface area contributed by atoms with E-state index in [2.05, 4.69) is 5.10 Å². The molecule has 2 aromatic rings. The number of nitrogens with zero attached hydrogens (tertiary/aromatic N) is 2. The van der Waals surface area contributed by atoms with Crippen LogP contribution in [-0.2, 0) is 13.2 Å². The summed E-state index contributed by atoms with van der Waals surface area (Å²) in [6, 6.07) is 4.64. The lowest BCUT2D eigenvalue weighted by Crippen LogP contribution is -2.33. The van der Waals surface area contributed by atoms with Gasteiger partial charge in [-0.1, -0.05) is 6.07 Å². The summed E-state index contributed by atoms with van der Waals surface area (Å²) in [4.78, 5) is 0. The monoisotopic (exact) mass is 305 g/mol. The van der Waals surface area contributed by atoms with Crippen molar-refractivity contribution in [1.29, 1.82) is 0 Å². The second-order valence-electron chi connectivity index (χ2n) is 5.71. The van der Waals surface area contributed by atoms with E-state index in [4.69, 9.17) is 15.6 Å². The highest BCUT2D eigenvalue weighted by molar-refractivity contribution is 5.25. The average molecular weight is 305 g/mol. The summed E-state index contributed by atoms with van der Waals surface area (Å²) in [6.45, 7) is 0.181. The molecule has 1 aliphatic carbocycles. The first-order valence-corrected chi connectivity index (χ1v) is 7.48. The Labute approximate surface area is 128 Å². The van der Waals surface area contributed by atoms with Crippen molar-refractivity contribution in [3.05, 3.63) is 47.5 Å². The third kappa shape index (κ3) is 3.28. The second-order valence-corrected chi connectivity index (χ2v) is 5.71. The molecule has 1 heterocycles. The van der Waals surface area contributed by atoms with Gasteiger partial charge in [0.1, 0.15) is 11.9 Å². The Balaban J connectivity index is 1.69. The quantitative estimate of drug-likeness (QED) is 0.884. The lowest BCUT2D eigenvalue weighted by Gasteiger charge is -2.16. The Kier molecular flexibility index (Phi) is 4.40. The third-order valence-corrected chi connectivity index (χ3v) is 4.03. The van der Waals surface area contributed by atoms with Crippen molar-refractivity contribution in [3.63, 3.8) is 0 Å². The molecule has 0 saturated heterocycles. The van der Waals surface area contributed by atoms with Crippen molar-refractivity contribution in [2.45, 2.75) is 44.6 Å². The summed E-state index contributed by atoms with van der Waals surface area (Å²) >= 11 is 0. The van der Waals surface area contributed by atoms with Gasteiger partial charge in [-0.25, -0.2) is 4.39 Å². The van der Waals surface area contributed by atoms with Crippen molar-refractivity contribution in [2.24, 2.45) is 5.73 Å². The lowest BCUT2D eigenvalue weighted by molar-refractivity contribution is 0.191. The molecule has 1 aromatic heterocycles. The third-order valence-electron chi connectivity index (χ3n) is 4.03. The predicted molar refractivity (Wildman–Crippen MR) is 79.9 cm³/mol. The Bertz CT molecular complexity index is 644. The van der Waals surface area contributed by atoms with Gasteiger partial charge in [0.25, 0.3) is 0 Å². The Morgan fingerprint density at radius 2 is 2.27 bits per heavy atom. The van der Waals surface area contributed by atoms with Gasteiger partial charge in [-0.15, -0.1) is 0 Å². The minimum absolute atomic E-state index is 0.0344. The minimum Gasteiger partial charge on any atom is -0.486 e. The van der Waals surface area contributed by atoms with Crippen molar-refractivity contribution >= 4 is 0 Å². The summed E-state index contributed by atoms with van der Waals surface area (Å²) in [7, 11) is 0. The van der Waals surface area contributed by atoms with Crippen LogP contribution in [0, 0.1) is 5.82 Å². The van der Waals surface area contributed by atoms with Gasteiger partial charge in [0, 0.05) is 11.6 Å². The lowest BCUT2D eigenvalue weighted by atomic mass is 10.1. The highest BCUT2D eigenvalue weighted by Crippen LogP contribution is 2.23. The fourth-order valence-electron chi connectivity index (χ4n) is 2.79. The molecular weight excluding hydrogens is 285 g/mol. The first-order chi connectivity index (χ1) is 10.7. The molecule has 0 bridgehead atoms. The second kappa shape index (κ2) is 6.46. The molecular formula is C16H20FN3O2. The molecule has 2 atom stereocenters. The van der Waals surface area contributed by atoms with Gasteiger partial charge in [-0.05, 0) is 37.0 Å². The van der Waals surface area contributed by atoms with E-state index in [1.807, 2.05) is 0 Å². The Morgan fingerprint density at radius 1 is 1.41 bits per heavy atom. The molecule has 1 fully saturated rings. The number of aliphatic hydroxyl groups excluding tert-OH is 1. The molecule has 118 valence electrons. The zero-order valence-corrected chi connectivity index (χ0v) is 12.3. The van der Waals surface area contributed by atoms with E-state index in [0.29, 0.717) is 23.4 Å². The maximum atomic E-state index is 13.8. The number of aromatic nitrogens is 2. The fourth-order valence-corrected chi connectivity index (χ4v) is 2.79. The van der Waals surface area contributed by atoms with Crippen LogP contribution < -0.4 is 10.5 Å². The molecule has 0 radical (unpaired) electrons. The van der Waals surface area contributed by atoms with Gasteiger partial charge in [-0.3, -0.25) is 4.68 Å². The largest absolute Gasteiger partial charge is 0.486 e. The normalized spacial score (nSPS) is 21.2. The number of rotatable bonds is 5. The van der Waals surface area contributed by atoms with Crippen molar-refractivity contribution in [3.8, 4) is 5.75 Å². The van der Waals surface area contributed by atoms with E-state index >= 15 is 0 Å². The number of aliphatic hydroxyl groups is 1. The first-order valence-electron chi connectivity index (χ1n) is 7.48. The maximum absolute atomic E-state index is 13.8. The van der Waals surface area contributed by atoms with Crippen LogP contribution in [0.25, 0.3) is 0 Å². The van der Waals surface area contributed by atoms with Crippen molar-refractivity contribution in [2.75, 3.05) is 0 Å². The average Bonchev–Trinajstić information content (AvgIpc) is 3.12. The molecule has 3 rings (SSSR count). The van der Waals surface area contributed by atoms with E-state index in [-0.39, 0.29) is 24.6 Å². The van der Waals surface area contributed by atoms with Crippen molar-refractivity contribution in [1.82, 2.24) is 9.78 Å². The van der Waals surface area contributed by atoms with Gasteiger partial charge in [-0.2, -0.15) is 5.10 Å². The Hall–Kier alpha value is -1.92. The number of hydrogen-bond donors (Lipinski definition) is 2. The van der Waals surface area contributed by atoms with E-state index in [1.54, 1.807) is 29.2 Å². The van der Waals surface area contributed by atoms with Crippen molar-refractivity contribution < 1.29 is 14.2 Å². The summed E-state index contributed by atoms with van der Waals surface area (Å²) < 4.78 is 21.3.